The molecule has 0 spiro atoms. The maximum Gasteiger partial charge on any atom is 0.260 e. The maximum atomic E-state index is 12.5. The summed E-state index contributed by atoms with van der Waals surface area (Å²) in [6.07, 6.45) is 3.35. The summed E-state index contributed by atoms with van der Waals surface area (Å²) in [6, 6.07) is 21.7. The molecule has 0 N–H and O–H groups in total. The van der Waals surface area contributed by atoms with Gasteiger partial charge in [-0.05, 0) is 31.4 Å². The van der Waals surface area contributed by atoms with Crippen molar-refractivity contribution in [1.29, 1.82) is 0 Å². The zero-order valence-corrected chi connectivity index (χ0v) is 15.3. The van der Waals surface area contributed by atoms with Gasteiger partial charge in [0.25, 0.3) is 5.91 Å². The predicted molar refractivity (Wildman–Crippen MR) is 105 cm³/mol. The highest BCUT2D eigenvalue weighted by molar-refractivity contribution is 5.77. The molecule has 1 aliphatic rings. The number of carbonyl (C=O) groups is 1. The van der Waals surface area contributed by atoms with Gasteiger partial charge in [0, 0.05) is 24.7 Å². The van der Waals surface area contributed by atoms with Gasteiger partial charge in [-0.25, -0.2) is 4.68 Å². The number of ether oxygens (including phenoxy) is 1. The first-order valence-electron chi connectivity index (χ1n) is 9.43. The van der Waals surface area contributed by atoms with E-state index in [2.05, 4.69) is 0 Å². The van der Waals surface area contributed by atoms with E-state index < -0.39 is 0 Å². The number of hydrogen-bond acceptors (Lipinski definition) is 3. The van der Waals surface area contributed by atoms with Gasteiger partial charge < -0.3 is 9.64 Å². The molecule has 2 heterocycles. The van der Waals surface area contributed by atoms with E-state index in [1.165, 1.54) is 6.42 Å². The smallest absolute Gasteiger partial charge is 0.260 e. The summed E-state index contributed by atoms with van der Waals surface area (Å²) >= 11 is 0. The van der Waals surface area contributed by atoms with Crippen molar-refractivity contribution in [3.63, 3.8) is 0 Å². The number of para-hydroxylation sites is 1. The average molecular weight is 361 g/mol. The third-order valence-corrected chi connectivity index (χ3v) is 4.80. The lowest BCUT2D eigenvalue weighted by Gasteiger charge is -2.26. The predicted octanol–water partition coefficient (Wildman–Crippen LogP) is 3.93. The highest BCUT2D eigenvalue weighted by Crippen LogP contribution is 2.26. The van der Waals surface area contributed by atoms with Crippen molar-refractivity contribution in [3.05, 3.63) is 66.7 Å². The van der Waals surface area contributed by atoms with E-state index in [1.54, 1.807) is 4.68 Å². The van der Waals surface area contributed by atoms with Gasteiger partial charge in [-0.1, -0.05) is 48.5 Å². The van der Waals surface area contributed by atoms with Crippen molar-refractivity contribution in [2.24, 2.45) is 0 Å². The number of carbonyl (C=O) groups excluding carboxylic acids is 1. The lowest BCUT2D eigenvalue weighted by molar-refractivity contribution is -0.134. The molecule has 5 heteroatoms. The Balaban J connectivity index is 1.58. The molecule has 0 radical (unpaired) electrons. The van der Waals surface area contributed by atoms with Crippen LogP contribution in [0.3, 0.4) is 0 Å². The Kier molecular flexibility index (Phi) is 5.19. The molecule has 2 aromatic carbocycles. The zero-order chi connectivity index (χ0) is 18.5. The number of hydrogen-bond donors (Lipinski definition) is 0. The van der Waals surface area contributed by atoms with Crippen LogP contribution in [0.5, 0.6) is 5.88 Å². The first-order chi connectivity index (χ1) is 13.3. The van der Waals surface area contributed by atoms with Crippen LogP contribution in [-0.2, 0) is 4.79 Å². The molecular weight excluding hydrogens is 338 g/mol. The van der Waals surface area contributed by atoms with Crippen LogP contribution in [0.25, 0.3) is 16.9 Å². The number of aromatic nitrogens is 2. The second kappa shape index (κ2) is 8.08. The van der Waals surface area contributed by atoms with Crippen molar-refractivity contribution in [1.82, 2.24) is 14.7 Å². The second-order valence-corrected chi connectivity index (χ2v) is 6.71. The fourth-order valence-corrected chi connectivity index (χ4v) is 3.34. The van der Waals surface area contributed by atoms with Crippen molar-refractivity contribution in [2.75, 3.05) is 19.7 Å². The maximum absolute atomic E-state index is 12.5. The molecule has 5 nitrogen and oxygen atoms in total. The van der Waals surface area contributed by atoms with E-state index in [0.717, 1.165) is 42.9 Å². The summed E-state index contributed by atoms with van der Waals surface area (Å²) in [6.45, 7) is 1.69. The summed E-state index contributed by atoms with van der Waals surface area (Å²) < 4.78 is 7.67. The highest BCUT2D eigenvalue weighted by Gasteiger charge is 2.19. The average Bonchev–Trinajstić information content (AvgIpc) is 3.18. The molecule has 27 heavy (non-hydrogen) atoms. The molecule has 3 aromatic rings. The summed E-state index contributed by atoms with van der Waals surface area (Å²) in [4.78, 5) is 14.4. The molecule has 4 rings (SSSR count). The lowest BCUT2D eigenvalue weighted by atomic mass is 10.1. The van der Waals surface area contributed by atoms with Gasteiger partial charge in [0.1, 0.15) is 0 Å². The van der Waals surface area contributed by atoms with Crippen LogP contribution < -0.4 is 4.74 Å². The number of likely N-dealkylation sites (tertiary alicyclic amines) is 1. The van der Waals surface area contributed by atoms with E-state index in [-0.39, 0.29) is 12.5 Å². The summed E-state index contributed by atoms with van der Waals surface area (Å²) in [7, 11) is 0. The molecule has 1 aromatic heterocycles. The van der Waals surface area contributed by atoms with Crippen LogP contribution in [0.1, 0.15) is 19.3 Å². The Morgan fingerprint density at radius 1 is 0.926 bits per heavy atom. The highest BCUT2D eigenvalue weighted by atomic mass is 16.5. The molecule has 0 bridgehead atoms. The quantitative estimate of drug-likeness (QED) is 0.692. The monoisotopic (exact) mass is 361 g/mol. The van der Waals surface area contributed by atoms with Crippen LogP contribution in [0.2, 0.25) is 0 Å². The van der Waals surface area contributed by atoms with E-state index in [9.17, 15) is 4.79 Å². The van der Waals surface area contributed by atoms with Crippen LogP contribution in [0.4, 0.5) is 0 Å². The third-order valence-electron chi connectivity index (χ3n) is 4.80. The van der Waals surface area contributed by atoms with Gasteiger partial charge in [-0.15, -0.1) is 0 Å². The summed E-state index contributed by atoms with van der Waals surface area (Å²) in [5.74, 6) is 0.613. The lowest BCUT2D eigenvalue weighted by Crippen LogP contribution is -2.38. The van der Waals surface area contributed by atoms with Crippen LogP contribution in [0, 0.1) is 0 Å². The van der Waals surface area contributed by atoms with E-state index in [1.807, 2.05) is 71.6 Å². The third kappa shape index (κ3) is 4.03. The van der Waals surface area contributed by atoms with E-state index in [0.29, 0.717) is 5.88 Å². The number of nitrogens with zero attached hydrogens (tertiary/aromatic N) is 3. The van der Waals surface area contributed by atoms with Crippen molar-refractivity contribution < 1.29 is 9.53 Å². The zero-order valence-electron chi connectivity index (χ0n) is 15.3. The Bertz CT molecular complexity index is 884. The van der Waals surface area contributed by atoms with Crippen molar-refractivity contribution in [3.8, 4) is 22.8 Å². The minimum Gasteiger partial charge on any atom is -0.467 e. The van der Waals surface area contributed by atoms with Gasteiger partial charge in [0.2, 0.25) is 5.88 Å². The van der Waals surface area contributed by atoms with Gasteiger partial charge >= 0.3 is 0 Å². The summed E-state index contributed by atoms with van der Waals surface area (Å²) in [5, 5.41) is 4.71. The molecular formula is C22H23N3O2. The standard InChI is InChI=1S/C22H23N3O2/c26-21(24-14-8-3-9-15-24)17-27-22-16-20(18-10-4-1-5-11-18)23-25(22)19-12-6-2-7-13-19/h1-2,4-7,10-13,16H,3,8-9,14-15,17H2. The van der Waals surface area contributed by atoms with Crippen LogP contribution >= 0.6 is 0 Å². The largest absolute Gasteiger partial charge is 0.467 e. The fraction of sp³-hybridized carbons (Fsp3) is 0.273. The minimum absolute atomic E-state index is 0.0345. The number of rotatable bonds is 5. The van der Waals surface area contributed by atoms with E-state index in [4.69, 9.17) is 9.84 Å². The molecule has 1 fully saturated rings. The van der Waals surface area contributed by atoms with Gasteiger partial charge in [0.15, 0.2) is 6.61 Å². The first kappa shape index (κ1) is 17.3. The molecule has 0 atom stereocenters. The van der Waals surface area contributed by atoms with Crippen LogP contribution in [-0.4, -0.2) is 40.3 Å². The van der Waals surface area contributed by atoms with Crippen LogP contribution in [0.15, 0.2) is 66.7 Å². The van der Waals surface area contributed by atoms with E-state index >= 15 is 0 Å². The molecule has 1 saturated heterocycles. The van der Waals surface area contributed by atoms with Crippen molar-refractivity contribution >= 4 is 5.91 Å². The first-order valence-corrected chi connectivity index (χ1v) is 9.43. The Labute approximate surface area is 159 Å². The topological polar surface area (TPSA) is 47.4 Å². The molecule has 1 aliphatic heterocycles. The number of piperidine rings is 1. The molecule has 0 saturated carbocycles. The van der Waals surface area contributed by atoms with Gasteiger partial charge in [0.05, 0.1) is 11.4 Å². The summed E-state index contributed by atoms with van der Waals surface area (Å²) in [5.41, 5.74) is 2.74. The second-order valence-electron chi connectivity index (χ2n) is 6.71. The number of amides is 1. The Hall–Kier alpha value is -3.08. The fourth-order valence-electron chi connectivity index (χ4n) is 3.34. The van der Waals surface area contributed by atoms with Gasteiger partial charge in [-0.3, -0.25) is 4.79 Å². The number of benzene rings is 2. The van der Waals surface area contributed by atoms with Gasteiger partial charge in [-0.2, -0.15) is 5.10 Å². The molecule has 1 amide bonds. The molecule has 0 aliphatic carbocycles. The molecule has 138 valence electrons. The SMILES string of the molecule is O=C(COc1cc(-c2ccccc2)nn1-c1ccccc1)N1CCCCC1. The molecule has 0 unspecified atom stereocenters. The Morgan fingerprint density at radius 3 is 2.30 bits per heavy atom. The normalized spacial score (nSPS) is 14.1. The van der Waals surface area contributed by atoms with Crippen molar-refractivity contribution in [2.45, 2.75) is 19.3 Å². The minimum atomic E-state index is 0.0345. The Morgan fingerprint density at radius 2 is 1.59 bits per heavy atom.